The van der Waals surface area contributed by atoms with Gasteiger partial charge in [-0.25, -0.2) is 19.7 Å². The molecule has 31 heavy (non-hydrogen) atoms. The fraction of sp³-hybridized carbons (Fsp3) is 0.217. The van der Waals surface area contributed by atoms with Gasteiger partial charge in [0.05, 0.1) is 28.2 Å². The maximum Gasteiger partial charge on any atom is 0.341 e. The van der Waals surface area contributed by atoms with Gasteiger partial charge in [-0.05, 0) is 45.0 Å². The first-order valence-corrected chi connectivity index (χ1v) is 11.7. The number of thiazole rings is 1. The van der Waals surface area contributed by atoms with Crippen LogP contribution in [0.4, 0.5) is 11.1 Å². The third-order valence-corrected chi connectivity index (χ3v) is 6.53. The van der Waals surface area contributed by atoms with E-state index in [9.17, 15) is 4.79 Å². The Morgan fingerprint density at radius 2 is 1.84 bits per heavy atom. The van der Waals surface area contributed by atoms with E-state index in [1.165, 1.54) is 16.9 Å². The molecule has 4 aromatic rings. The topological polar surface area (TPSA) is 77.0 Å². The van der Waals surface area contributed by atoms with Gasteiger partial charge in [0, 0.05) is 10.6 Å². The van der Waals surface area contributed by atoms with Gasteiger partial charge in [0.25, 0.3) is 0 Å². The monoisotopic (exact) mass is 450 g/mol. The summed E-state index contributed by atoms with van der Waals surface area (Å²) in [6, 6.07) is 16.2. The third kappa shape index (κ3) is 5.03. The second-order valence-electron chi connectivity index (χ2n) is 6.89. The smallest absolute Gasteiger partial charge is 0.341 e. The van der Waals surface area contributed by atoms with E-state index in [4.69, 9.17) is 4.74 Å². The quantitative estimate of drug-likeness (QED) is 0.277. The number of fused-ring (bicyclic) bond motifs is 1. The Morgan fingerprint density at radius 1 is 1.06 bits per heavy atom. The molecule has 0 saturated carbocycles. The average molecular weight is 451 g/mol. The van der Waals surface area contributed by atoms with E-state index in [0.717, 1.165) is 15.1 Å². The minimum absolute atomic E-state index is 0.300. The Morgan fingerprint density at radius 3 is 2.58 bits per heavy atom. The Hall–Kier alpha value is -2.97. The molecule has 0 fully saturated rings. The number of ether oxygens (including phenoxy) is 1. The van der Waals surface area contributed by atoms with Gasteiger partial charge in [-0.3, -0.25) is 5.32 Å². The standard InChI is InChI=1S/C23H22N4O2S2/c1-4-29-21(28)20-15(3)24-22(27-23-26-17-7-5-6-8-19(17)31-23)25-18(20)13-30-16-11-9-14(2)10-12-16/h5-12H,4,13H2,1-3H3,(H,24,25,26,27). The van der Waals surface area contributed by atoms with Crippen molar-refractivity contribution in [1.29, 1.82) is 0 Å². The first-order valence-electron chi connectivity index (χ1n) is 9.90. The number of nitrogens with one attached hydrogen (secondary N) is 1. The van der Waals surface area contributed by atoms with Gasteiger partial charge < -0.3 is 4.74 Å². The van der Waals surface area contributed by atoms with Crippen LogP contribution in [0, 0.1) is 13.8 Å². The zero-order valence-electron chi connectivity index (χ0n) is 17.5. The van der Waals surface area contributed by atoms with E-state index >= 15 is 0 Å². The van der Waals surface area contributed by atoms with Crippen LogP contribution in [0.15, 0.2) is 53.4 Å². The number of carbonyl (C=O) groups excluding carboxylic acids is 1. The lowest BCUT2D eigenvalue weighted by molar-refractivity contribution is 0.0523. The number of aromatic nitrogens is 3. The summed E-state index contributed by atoms with van der Waals surface area (Å²) in [6.45, 7) is 5.95. The van der Waals surface area contributed by atoms with Crippen molar-refractivity contribution in [3.8, 4) is 0 Å². The summed E-state index contributed by atoms with van der Waals surface area (Å²) in [5.74, 6) is 0.546. The van der Waals surface area contributed by atoms with Crippen molar-refractivity contribution < 1.29 is 9.53 Å². The third-order valence-electron chi connectivity index (χ3n) is 4.55. The Balaban J connectivity index is 1.64. The van der Waals surface area contributed by atoms with Crippen LogP contribution in [0.5, 0.6) is 0 Å². The van der Waals surface area contributed by atoms with E-state index in [2.05, 4.69) is 51.5 Å². The fourth-order valence-corrected chi connectivity index (χ4v) is 4.77. The van der Waals surface area contributed by atoms with Gasteiger partial charge in [-0.15, -0.1) is 11.8 Å². The van der Waals surface area contributed by atoms with Crippen LogP contribution >= 0.6 is 23.1 Å². The number of nitrogens with zero attached hydrogens (tertiary/aromatic N) is 3. The van der Waals surface area contributed by atoms with Crippen molar-refractivity contribution in [3.63, 3.8) is 0 Å². The van der Waals surface area contributed by atoms with E-state index in [1.54, 1.807) is 25.6 Å². The first-order chi connectivity index (χ1) is 15.0. The van der Waals surface area contributed by atoms with Crippen LogP contribution in [0.25, 0.3) is 10.2 Å². The molecule has 158 valence electrons. The maximum absolute atomic E-state index is 12.6. The summed E-state index contributed by atoms with van der Waals surface area (Å²) in [5, 5.41) is 3.91. The summed E-state index contributed by atoms with van der Waals surface area (Å²) in [6.07, 6.45) is 0. The zero-order valence-corrected chi connectivity index (χ0v) is 19.1. The predicted molar refractivity (Wildman–Crippen MR) is 126 cm³/mol. The van der Waals surface area contributed by atoms with Gasteiger partial charge in [0.15, 0.2) is 5.13 Å². The molecule has 0 aliphatic carbocycles. The summed E-state index contributed by atoms with van der Waals surface area (Å²) in [5.41, 5.74) is 3.77. The molecular formula is C23H22N4O2S2. The van der Waals surface area contributed by atoms with Crippen LogP contribution in [-0.4, -0.2) is 27.5 Å². The number of thioether (sulfide) groups is 1. The number of esters is 1. The number of rotatable bonds is 7. The summed E-state index contributed by atoms with van der Waals surface area (Å²) < 4.78 is 6.34. The van der Waals surface area contributed by atoms with Gasteiger partial charge >= 0.3 is 5.97 Å². The van der Waals surface area contributed by atoms with Crippen LogP contribution in [0.3, 0.4) is 0 Å². The number of anilines is 2. The SMILES string of the molecule is CCOC(=O)c1c(C)nc(Nc2nc3ccccc3s2)nc1CSc1ccc(C)cc1. The molecule has 0 unspecified atom stereocenters. The molecule has 0 radical (unpaired) electrons. The highest BCUT2D eigenvalue weighted by atomic mass is 32.2. The number of hydrogen-bond donors (Lipinski definition) is 1. The van der Waals surface area contributed by atoms with E-state index in [-0.39, 0.29) is 0 Å². The minimum Gasteiger partial charge on any atom is -0.462 e. The number of benzene rings is 2. The number of carbonyl (C=O) groups is 1. The highest BCUT2D eigenvalue weighted by Gasteiger charge is 2.20. The summed E-state index contributed by atoms with van der Waals surface area (Å²) in [4.78, 5) is 27.4. The lowest BCUT2D eigenvalue weighted by atomic mass is 10.2. The van der Waals surface area contributed by atoms with Gasteiger partial charge in [-0.1, -0.05) is 41.2 Å². The second-order valence-corrected chi connectivity index (χ2v) is 8.97. The molecule has 6 nitrogen and oxygen atoms in total. The number of aryl methyl sites for hydroxylation is 2. The molecule has 2 aromatic carbocycles. The lowest BCUT2D eigenvalue weighted by Crippen LogP contribution is -2.14. The molecule has 0 spiro atoms. The average Bonchev–Trinajstić information content (AvgIpc) is 3.15. The molecule has 1 N–H and O–H groups in total. The highest BCUT2D eigenvalue weighted by molar-refractivity contribution is 7.98. The fourth-order valence-electron chi connectivity index (χ4n) is 3.07. The van der Waals surface area contributed by atoms with Crippen molar-refractivity contribution in [2.24, 2.45) is 0 Å². The molecule has 0 atom stereocenters. The first kappa shape index (κ1) is 21.3. The van der Waals surface area contributed by atoms with Crippen molar-refractivity contribution >= 4 is 50.4 Å². The largest absolute Gasteiger partial charge is 0.462 e. The van der Waals surface area contributed by atoms with Crippen molar-refractivity contribution in [2.45, 2.75) is 31.4 Å². The molecule has 2 heterocycles. The highest BCUT2D eigenvalue weighted by Crippen LogP contribution is 2.29. The van der Waals surface area contributed by atoms with Crippen LogP contribution in [-0.2, 0) is 10.5 Å². The van der Waals surface area contributed by atoms with E-state index in [0.29, 0.717) is 40.4 Å². The summed E-state index contributed by atoms with van der Waals surface area (Å²) >= 11 is 3.16. The minimum atomic E-state index is -0.397. The number of para-hydroxylation sites is 1. The van der Waals surface area contributed by atoms with E-state index < -0.39 is 5.97 Å². The Kier molecular flexibility index (Phi) is 6.48. The molecule has 0 amide bonds. The van der Waals surface area contributed by atoms with Gasteiger partial charge in [0.1, 0.15) is 5.56 Å². The number of hydrogen-bond acceptors (Lipinski definition) is 8. The second kappa shape index (κ2) is 9.45. The molecular weight excluding hydrogens is 428 g/mol. The predicted octanol–water partition coefficient (Wildman–Crippen LogP) is 5.92. The normalized spacial score (nSPS) is 10.9. The van der Waals surface area contributed by atoms with Gasteiger partial charge in [0.2, 0.25) is 5.95 Å². The molecule has 4 rings (SSSR count). The Bertz CT molecular complexity index is 1190. The molecule has 0 saturated heterocycles. The van der Waals surface area contributed by atoms with E-state index in [1.807, 2.05) is 24.3 Å². The zero-order chi connectivity index (χ0) is 21.8. The van der Waals surface area contributed by atoms with Crippen molar-refractivity contribution in [2.75, 3.05) is 11.9 Å². The van der Waals surface area contributed by atoms with Crippen molar-refractivity contribution in [3.05, 3.63) is 71.0 Å². The molecule has 0 aliphatic rings. The molecule has 0 bridgehead atoms. The molecule has 8 heteroatoms. The molecule has 0 aliphatic heterocycles. The van der Waals surface area contributed by atoms with Crippen LogP contribution in [0.1, 0.15) is 34.2 Å². The molecule has 2 aromatic heterocycles. The summed E-state index contributed by atoms with van der Waals surface area (Å²) in [7, 11) is 0. The van der Waals surface area contributed by atoms with Crippen LogP contribution in [0.2, 0.25) is 0 Å². The van der Waals surface area contributed by atoms with Crippen molar-refractivity contribution in [1.82, 2.24) is 15.0 Å². The maximum atomic E-state index is 12.6. The lowest BCUT2D eigenvalue weighted by Gasteiger charge is -2.13. The van der Waals surface area contributed by atoms with Gasteiger partial charge in [-0.2, -0.15) is 0 Å². The van der Waals surface area contributed by atoms with Crippen LogP contribution < -0.4 is 5.32 Å². The Labute approximate surface area is 189 Å².